The molecular formula is C25H32F3N5O2S. The molecule has 0 saturated carbocycles. The summed E-state index contributed by atoms with van der Waals surface area (Å²) in [6, 6.07) is 1.63. The van der Waals surface area contributed by atoms with Gasteiger partial charge in [-0.2, -0.15) is 13.2 Å². The minimum absolute atomic E-state index is 0.0762. The van der Waals surface area contributed by atoms with Crippen molar-refractivity contribution in [2.45, 2.75) is 31.9 Å². The van der Waals surface area contributed by atoms with Gasteiger partial charge in [0.25, 0.3) is 0 Å². The molecule has 0 radical (unpaired) electrons. The molecule has 0 N–H and O–H groups in total. The van der Waals surface area contributed by atoms with Gasteiger partial charge in [-0.25, -0.2) is 9.97 Å². The molecule has 4 aliphatic heterocycles. The summed E-state index contributed by atoms with van der Waals surface area (Å²) in [5.74, 6) is 2.87. The van der Waals surface area contributed by atoms with E-state index in [0.29, 0.717) is 35.8 Å². The van der Waals surface area contributed by atoms with E-state index in [9.17, 15) is 18.0 Å². The Morgan fingerprint density at radius 1 is 1.06 bits per heavy atom. The van der Waals surface area contributed by atoms with Gasteiger partial charge in [0.05, 0.1) is 30.9 Å². The zero-order chi connectivity index (χ0) is 24.9. The Labute approximate surface area is 212 Å². The van der Waals surface area contributed by atoms with Crippen LogP contribution in [0.3, 0.4) is 0 Å². The standard InChI is InChI=1S/C25H32F3N5O2S/c26-25(27,28)8-20-7-21-22(29-15-30-23(21)36-20)33-11-17-3-4-31(10-18(17)12-33)9-16-1-5-32(6-2-16)24(34)19-13-35-14-19/h7,15-19H,1-6,8-14H2/t17-,18+/m1/s1. The lowest BCUT2D eigenvalue weighted by molar-refractivity contribution is -0.151. The molecular weight excluding hydrogens is 491 g/mol. The maximum atomic E-state index is 12.9. The van der Waals surface area contributed by atoms with Crippen LogP contribution in [0.15, 0.2) is 12.4 Å². The lowest BCUT2D eigenvalue weighted by Gasteiger charge is -2.40. The first kappa shape index (κ1) is 24.4. The zero-order valence-electron chi connectivity index (χ0n) is 20.3. The Hall–Kier alpha value is -1.98. The van der Waals surface area contributed by atoms with Crippen LogP contribution < -0.4 is 4.90 Å². The maximum Gasteiger partial charge on any atom is 0.393 e. The number of aromatic nitrogens is 2. The average molecular weight is 524 g/mol. The molecule has 2 aromatic heterocycles. The topological polar surface area (TPSA) is 61.8 Å². The van der Waals surface area contributed by atoms with E-state index in [2.05, 4.69) is 19.8 Å². The van der Waals surface area contributed by atoms with Gasteiger partial charge >= 0.3 is 6.18 Å². The highest BCUT2D eigenvalue weighted by Crippen LogP contribution is 2.39. The predicted octanol–water partition coefficient (Wildman–Crippen LogP) is 3.44. The Bertz CT molecular complexity index is 1100. The number of alkyl halides is 3. The molecule has 7 nitrogen and oxygen atoms in total. The van der Waals surface area contributed by atoms with E-state index in [0.717, 1.165) is 87.6 Å². The first-order chi connectivity index (χ1) is 17.3. The van der Waals surface area contributed by atoms with Gasteiger partial charge in [0.1, 0.15) is 17.0 Å². The molecule has 4 saturated heterocycles. The first-order valence-electron chi connectivity index (χ1n) is 13.0. The molecule has 0 aromatic carbocycles. The molecule has 11 heteroatoms. The molecule has 2 aromatic rings. The number of nitrogens with zero attached hydrogens (tertiary/aromatic N) is 5. The van der Waals surface area contributed by atoms with Gasteiger partial charge in [-0.05, 0) is 49.6 Å². The fourth-order valence-corrected chi connectivity index (χ4v) is 7.37. The Morgan fingerprint density at radius 3 is 2.56 bits per heavy atom. The monoisotopic (exact) mass is 523 g/mol. The van der Waals surface area contributed by atoms with Crippen molar-refractivity contribution in [1.82, 2.24) is 19.8 Å². The van der Waals surface area contributed by atoms with Gasteiger partial charge in [-0.3, -0.25) is 4.79 Å². The van der Waals surface area contributed by atoms with Gasteiger partial charge in [0.2, 0.25) is 5.91 Å². The van der Waals surface area contributed by atoms with E-state index in [1.54, 1.807) is 6.07 Å². The molecule has 36 heavy (non-hydrogen) atoms. The van der Waals surface area contributed by atoms with Crippen LogP contribution >= 0.6 is 11.3 Å². The molecule has 6 rings (SSSR count). The zero-order valence-corrected chi connectivity index (χ0v) is 21.1. The molecule has 0 unspecified atom stereocenters. The van der Waals surface area contributed by atoms with Crippen LogP contribution in [0.25, 0.3) is 10.2 Å². The number of thiophene rings is 1. The summed E-state index contributed by atoms with van der Waals surface area (Å²) in [5.41, 5.74) is 0. The van der Waals surface area contributed by atoms with Crippen molar-refractivity contribution < 1.29 is 22.7 Å². The Kier molecular flexibility index (Phi) is 6.58. The maximum absolute atomic E-state index is 12.9. The second-order valence-corrected chi connectivity index (χ2v) is 12.0. The summed E-state index contributed by atoms with van der Waals surface area (Å²) in [6.07, 6.45) is -0.402. The third-order valence-corrected chi connectivity index (χ3v) is 9.39. The number of halogens is 3. The van der Waals surface area contributed by atoms with Crippen LogP contribution in [0.2, 0.25) is 0 Å². The highest BCUT2D eigenvalue weighted by molar-refractivity contribution is 7.18. The van der Waals surface area contributed by atoms with Crippen LogP contribution in [-0.2, 0) is 16.0 Å². The summed E-state index contributed by atoms with van der Waals surface area (Å²) >= 11 is 1.11. The number of rotatable bonds is 5. The number of amides is 1. The molecule has 4 aliphatic rings. The predicted molar refractivity (Wildman–Crippen MR) is 131 cm³/mol. The number of hydrogen-bond donors (Lipinski definition) is 0. The van der Waals surface area contributed by atoms with Crippen molar-refractivity contribution in [2.75, 3.05) is 63.9 Å². The molecule has 4 fully saturated rings. The van der Waals surface area contributed by atoms with Crippen LogP contribution in [0.5, 0.6) is 0 Å². The summed E-state index contributed by atoms with van der Waals surface area (Å²) < 4.78 is 43.9. The number of carbonyl (C=O) groups excluding carboxylic acids is 1. The van der Waals surface area contributed by atoms with E-state index in [-0.39, 0.29) is 16.7 Å². The SMILES string of the molecule is O=C(C1COC1)N1CCC(CN2CC[C@@H]3CN(c4ncnc5sc(CC(F)(F)F)cc45)C[C@@H]3C2)CC1. The average Bonchev–Trinajstić information content (AvgIpc) is 3.40. The molecule has 6 heterocycles. The van der Waals surface area contributed by atoms with E-state index in [1.165, 1.54) is 6.33 Å². The van der Waals surface area contributed by atoms with Crippen molar-refractivity contribution >= 4 is 33.3 Å². The number of anilines is 1. The summed E-state index contributed by atoms with van der Waals surface area (Å²) in [7, 11) is 0. The third kappa shape index (κ3) is 5.06. The molecule has 0 bridgehead atoms. The van der Waals surface area contributed by atoms with Crippen molar-refractivity contribution in [3.63, 3.8) is 0 Å². The largest absolute Gasteiger partial charge is 0.393 e. The lowest BCUT2D eigenvalue weighted by Crippen LogP contribution is -2.49. The molecule has 2 atom stereocenters. The number of likely N-dealkylation sites (tertiary alicyclic amines) is 2. The number of fused-ring (bicyclic) bond motifs is 2. The number of ether oxygens (including phenoxy) is 1. The highest BCUT2D eigenvalue weighted by atomic mass is 32.1. The van der Waals surface area contributed by atoms with E-state index in [1.807, 2.05) is 4.90 Å². The van der Waals surface area contributed by atoms with Crippen LogP contribution in [-0.4, -0.2) is 90.9 Å². The molecule has 196 valence electrons. The van der Waals surface area contributed by atoms with Crippen LogP contribution in [0, 0.1) is 23.7 Å². The van der Waals surface area contributed by atoms with Gasteiger partial charge in [0, 0.05) is 44.1 Å². The number of hydrogen-bond acceptors (Lipinski definition) is 7. The minimum atomic E-state index is -4.22. The van der Waals surface area contributed by atoms with E-state index >= 15 is 0 Å². The van der Waals surface area contributed by atoms with E-state index < -0.39 is 12.6 Å². The summed E-state index contributed by atoms with van der Waals surface area (Å²) in [4.78, 5) is 29.0. The van der Waals surface area contributed by atoms with Crippen molar-refractivity contribution in [3.05, 3.63) is 17.3 Å². The van der Waals surface area contributed by atoms with Gasteiger partial charge < -0.3 is 19.4 Å². The quantitative estimate of drug-likeness (QED) is 0.599. The van der Waals surface area contributed by atoms with Crippen LogP contribution in [0.1, 0.15) is 24.1 Å². The Morgan fingerprint density at radius 2 is 1.83 bits per heavy atom. The normalized spacial score (nSPS) is 26.4. The van der Waals surface area contributed by atoms with Crippen LogP contribution in [0.4, 0.5) is 19.0 Å². The Balaban J connectivity index is 1.04. The fraction of sp³-hybridized carbons (Fsp3) is 0.720. The van der Waals surface area contributed by atoms with Crippen molar-refractivity contribution in [1.29, 1.82) is 0 Å². The van der Waals surface area contributed by atoms with Gasteiger partial charge in [-0.1, -0.05) is 0 Å². The summed E-state index contributed by atoms with van der Waals surface area (Å²) in [5, 5.41) is 0.743. The molecule has 1 amide bonds. The van der Waals surface area contributed by atoms with Crippen molar-refractivity contribution in [3.8, 4) is 0 Å². The number of carbonyl (C=O) groups is 1. The second-order valence-electron chi connectivity index (χ2n) is 10.9. The van der Waals surface area contributed by atoms with Gasteiger partial charge in [-0.15, -0.1) is 11.3 Å². The fourth-order valence-electron chi connectivity index (χ4n) is 6.35. The van der Waals surface area contributed by atoms with E-state index in [4.69, 9.17) is 4.74 Å². The second kappa shape index (κ2) is 9.72. The molecule has 0 spiro atoms. The third-order valence-electron chi connectivity index (χ3n) is 8.35. The smallest absolute Gasteiger partial charge is 0.380 e. The van der Waals surface area contributed by atoms with Crippen molar-refractivity contribution in [2.24, 2.45) is 23.7 Å². The van der Waals surface area contributed by atoms with Gasteiger partial charge in [0.15, 0.2) is 0 Å². The highest BCUT2D eigenvalue weighted by Gasteiger charge is 2.39. The lowest BCUT2D eigenvalue weighted by atomic mass is 9.87. The first-order valence-corrected chi connectivity index (χ1v) is 13.8. The summed E-state index contributed by atoms with van der Waals surface area (Å²) in [6.45, 7) is 7.87. The number of piperidine rings is 2. The molecule has 0 aliphatic carbocycles. The minimum Gasteiger partial charge on any atom is -0.380 e.